The predicted octanol–water partition coefficient (Wildman–Crippen LogP) is 7.13. The van der Waals surface area contributed by atoms with Crippen molar-refractivity contribution in [2.75, 3.05) is 23.9 Å². The smallest absolute Gasteiger partial charge is 0.227 e. The Morgan fingerprint density at radius 1 is 0.677 bits per heavy atom. The van der Waals surface area contributed by atoms with Gasteiger partial charge in [0.25, 0.3) is 0 Å². The first-order chi connectivity index (χ1) is 15.0. The molecule has 31 heavy (non-hydrogen) atoms. The molecule has 0 N–H and O–H groups in total. The lowest BCUT2D eigenvalue weighted by Crippen LogP contribution is -2.17. The van der Waals surface area contributed by atoms with Crippen LogP contribution in [0, 0.1) is 13.8 Å². The summed E-state index contributed by atoms with van der Waals surface area (Å²) in [5.74, 6) is 0. The molecule has 0 spiro atoms. The highest BCUT2D eigenvalue weighted by molar-refractivity contribution is 6.09. The van der Waals surface area contributed by atoms with E-state index >= 15 is 0 Å². The number of fused-ring (bicyclic) bond motifs is 3. The molecular weight excluding hydrogens is 382 g/mol. The number of anilines is 4. The summed E-state index contributed by atoms with van der Waals surface area (Å²) in [4.78, 5) is 9.04. The van der Waals surface area contributed by atoms with Gasteiger partial charge in [-0.25, -0.2) is 4.98 Å². The standard InChI is InChI=1S/C27H25N3O/c1-18-14-16-21-22-17-15-19(2)28-27(22)31-26(21)25(18)30(4)24-13-9-8-12-23(24)29(3)20-10-6-5-7-11-20/h5-17H,1-4H3. The third-order valence-corrected chi connectivity index (χ3v) is 5.90. The minimum absolute atomic E-state index is 0.685. The van der Waals surface area contributed by atoms with Crippen LogP contribution >= 0.6 is 0 Å². The molecule has 0 aliphatic rings. The van der Waals surface area contributed by atoms with Crippen molar-refractivity contribution in [1.82, 2.24) is 4.98 Å². The molecule has 0 atom stereocenters. The second kappa shape index (κ2) is 7.47. The summed E-state index contributed by atoms with van der Waals surface area (Å²) in [5.41, 5.74) is 8.09. The van der Waals surface area contributed by atoms with E-state index in [-0.39, 0.29) is 0 Å². The molecule has 0 amide bonds. The van der Waals surface area contributed by atoms with Crippen LogP contribution in [0.25, 0.3) is 22.1 Å². The minimum Gasteiger partial charge on any atom is -0.435 e. The fourth-order valence-electron chi connectivity index (χ4n) is 4.26. The molecule has 0 aliphatic heterocycles. The van der Waals surface area contributed by atoms with Crippen LogP contribution in [0.3, 0.4) is 0 Å². The van der Waals surface area contributed by atoms with E-state index in [0.29, 0.717) is 5.71 Å². The van der Waals surface area contributed by atoms with Gasteiger partial charge in [0, 0.05) is 36.2 Å². The van der Waals surface area contributed by atoms with Crippen LogP contribution in [-0.4, -0.2) is 19.1 Å². The van der Waals surface area contributed by atoms with Gasteiger partial charge in [0.15, 0.2) is 5.58 Å². The highest BCUT2D eigenvalue weighted by Crippen LogP contribution is 2.42. The fourth-order valence-corrected chi connectivity index (χ4v) is 4.26. The van der Waals surface area contributed by atoms with Gasteiger partial charge in [0.2, 0.25) is 5.71 Å². The van der Waals surface area contributed by atoms with Crippen LogP contribution in [0.4, 0.5) is 22.7 Å². The van der Waals surface area contributed by atoms with Crippen LogP contribution in [0.15, 0.2) is 83.3 Å². The zero-order valence-corrected chi connectivity index (χ0v) is 18.3. The summed E-state index contributed by atoms with van der Waals surface area (Å²) in [6, 6.07) is 27.3. The molecule has 154 valence electrons. The number of pyridine rings is 1. The number of benzene rings is 3. The normalized spacial score (nSPS) is 11.2. The van der Waals surface area contributed by atoms with E-state index in [1.54, 1.807) is 0 Å². The van der Waals surface area contributed by atoms with Gasteiger partial charge >= 0.3 is 0 Å². The average Bonchev–Trinajstić information content (AvgIpc) is 3.16. The lowest BCUT2D eigenvalue weighted by molar-refractivity contribution is 0.652. The predicted molar refractivity (Wildman–Crippen MR) is 130 cm³/mol. The molecule has 4 nitrogen and oxygen atoms in total. The van der Waals surface area contributed by atoms with Crippen LogP contribution < -0.4 is 9.80 Å². The van der Waals surface area contributed by atoms with Crippen LogP contribution in [0.5, 0.6) is 0 Å². The Bertz CT molecular complexity index is 1390. The molecule has 4 heteroatoms. The number of para-hydroxylation sites is 3. The van der Waals surface area contributed by atoms with Crippen molar-refractivity contribution in [3.05, 3.63) is 90.1 Å². The van der Waals surface area contributed by atoms with E-state index in [9.17, 15) is 0 Å². The van der Waals surface area contributed by atoms with Gasteiger partial charge in [0.1, 0.15) is 0 Å². The summed E-state index contributed by atoms with van der Waals surface area (Å²) in [7, 11) is 4.20. The first kappa shape index (κ1) is 19.2. The summed E-state index contributed by atoms with van der Waals surface area (Å²) in [5, 5.41) is 2.13. The largest absolute Gasteiger partial charge is 0.435 e. The van der Waals surface area contributed by atoms with Crippen molar-refractivity contribution in [2.24, 2.45) is 0 Å². The number of furan rings is 1. The monoisotopic (exact) mass is 407 g/mol. The van der Waals surface area contributed by atoms with Crippen molar-refractivity contribution < 1.29 is 4.42 Å². The summed E-state index contributed by atoms with van der Waals surface area (Å²) >= 11 is 0. The molecule has 0 radical (unpaired) electrons. The van der Waals surface area contributed by atoms with Crippen molar-refractivity contribution in [3.63, 3.8) is 0 Å². The zero-order chi connectivity index (χ0) is 21.5. The van der Waals surface area contributed by atoms with Gasteiger partial charge in [-0.3, -0.25) is 0 Å². The molecule has 0 saturated carbocycles. The van der Waals surface area contributed by atoms with Gasteiger partial charge < -0.3 is 14.2 Å². The number of rotatable bonds is 4. The molecule has 3 aromatic carbocycles. The molecule has 2 heterocycles. The molecule has 0 aliphatic carbocycles. The molecular formula is C27H25N3O. The van der Waals surface area contributed by atoms with E-state index in [1.165, 1.54) is 0 Å². The topological polar surface area (TPSA) is 32.5 Å². The Hall–Kier alpha value is -3.79. The highest BCUT2D eigenvalue weighted by atomic mass is 16.3. The first-order valence-corrected chi connectivity index (χ1v) is 10.5. The molecule has 0 bridgehead atoms. The third kappa shape index (κ3) is 3.21. The molecule has 0 fully saturated rings. The van der Waals surface area contributed by atoms with Crippen LogP contribution in [0.2, 0.25) is 0 Å². The summed E-state index contributed by atoms with van der Waals surface area (Å²) in [6.45, 7) is 4.11. The Morgan fingerprint density at radius 2 is 1.32 bits per heavy atom. The lowest BCUT2D eigenvalue weighted by atomic mass is 10.1. The maximum atomic E-state index is 6.31. The number of aryl methyl sites for hydroxylation is 2. The van der Waals surface area contributed by atoms with Gasteiger partial charge in [-0.05, 0) is 55.8 Å². The number of hydrogen-bond donors (Lipinski definition) is 0. The maximum Gasteiger partial charge on any atom is 0.227 e. The molecule has 2 aromatic heterocycles. The molecule has 5 rings (SSSR count). The zero-order valence-electron chi connectivity index (χ0n) is 18.3. The minimum atomic E-state index is 0.685. The van der Waals surface area contributed by atoms with E-state index < -0.39 is 0 Å². The second-order valence-electron chi connectivity index (χ2n) is 7.96. The Morgan fingerprint density at radius 3 is 2.06 bits per heavy atom. The third-order valence-electron chi connectivity index (χ3n) is 5.90. The molecule has 5 aromatic rings. The first-order valence-electron chi connectivity index (χ1n) is 10.5. The van der Waals surface area contributed by atoms with E-state index in [1.807, 2.05) is 19.1 Å². The molecule has 0 unspecified atom stereocenters. The Balaban J connectivity index is 1.69. The van der Waals surface area contributed by atoms with Gasteiger partial charge in [-0.2, -0.15) is 0 Å². The van der Waals surface area contributed by atoms with E-state index in [2.05, 4.69) is 103 Å². The second-order valence-corrected chi connectivity index (χ2v) is 7.96. The highest BCUT2D eigenvalue weighted by Gasteiger charge is 2.20. The van der Waals surface area contributed by atoms with Gasteiger partial charge in [0.05, 0.1) is 17.1 Å². The Labute approximate surface area is 182 Å². The van der Waals surface area contributed by atoms with Crippen molar-refractivity contribution in [2.45, 2.75) is 13.8 Å². The van der Waals surface area contributed by atoms with E-state index in [4.69, 9.17) is 4.42 Å². The lowest BCUT2D eigenvalue weighted by Gasteiger charge is -2.29. The van der Waals surface area contributed by atoms with Crippen molar-refractivity contribution >= 4 is 44.8 Å². The number of hydrogen-bond acceptors (Lipinski definition) is 4. The maximum absolute atomic E-state index is 6.31. The van der Waals surface area contributed by atoms with Crippen LogP contribution in [-0.2, 0) is 0 Å². The van der Waals surface area contributed by atoms with Crippen molar-refractivity contribution in [1.29, 1.82) is 0 Å². The fraction of sp³-hybridized carbons (Fsp3) is 0.148. The van der Waals surface area contributed by atoms with Crippen LogP contribution in [0.1, 0.15) is 11.3 Å². The summed E-state index contributed by atoms with van der Waals surface area (Å²) < 4.78 is 6.31. The van der Waals surface area contributed by atoms with Gasteiger partial charge in [-0.1, -0.05) is 42.5 Å². The van der Waals surface area contributed by atoms with Gasteiger partial charge in [-0.15, -0.1) is 0 Å². The van der Waals surface area contributed by atoms with E-state index in [0.717, 1.165) is 50.4 Å². The SMILES string of the molecule is Cc1ccc2c(n1)oc1c(N(C)c3ccccc3N(C)c3ccccc3)c(C)ccc12. The Kier molecular flexibility index (Phi) is 4.63. The average molecular weight is 408 g/mol. The number of aromatic nitrogens is 1. The quantitative estimate of drug-likeness (QED) is 0.317. The molecule has 0 saturated heterocycles. The number of nitrogens with zero attached hydrogens (tertiary/aromatic N) is 3. The van der Waals surface area contributed by atoms with Crippen molar-refractivity contribution in [3.8, 4) is 0 Å². The summed E-state index contributed by atoms with van der Waals surface area (Å²) in [6.07, 6.45) is 0.